The van der Waals surface area contributed by atoms with Crippen molar-refractivity contribution in [3.8, 4) is 11.4 Å². The third kappa shape index (κ3) is 3.61. The Morgan fingerprint density at radius 2 is 1.74 bits per heavy atom. The first-order valence-corrected chi connectivity index (χ1v) is 9.96. The van der Waals surface area contributed by atoms with Gasteiger partial charge in [0.2, 0.25) is 5.82 Å². The van der Waals surface area contributed by atoms with Crippen LogP contribution in [0, 0.1) is 0 Å². The summed E-state index contributed by atoms with van der Waals surface area (Å²) >= 11 is 0. The maximum absolute atomic E-state index is 13.0. The molecule has 4 aromatic rings. The van der Waals surface area contributed by atoms with Crippen LogP contribution < -0.4 is 5.32 Å². The molecule has 0 bridgehead atoms. The lowest BCUT2D eigenvalue weighted by molar-refractivity contribution is 0.199. The van der Waals surface area contributed by atoms with Gasteiger partial charge in [0.15, 0.2) is 0 Å². The average Bonchev–Trinajstić information content (AvgIpc) is 3.50. The van der Waals surface area contributed by atoms with Crippen molar-refractivity contribution in [2.75, 3.05) is 0 Å². The molecule has 5 rings (SSSR count). The monoisotopic (exact) mass is 412 g/mol. The van der Waals surface area contributed by atoms with Crippen LogP contribution in [0.5, 0.6) is 0 Å². The van der Waals surface area contributed by atoms with E-state index in [1.807, 2.05) is 73.7 Å². The van der Waals surface area contributed by atoms with Crippen molar-refractivity contribution >= 4 is 11.6 Å². The quantitative estimate of drug-likeness (QED) is 0.497. The number of nitrogens with zero attached hydrogens (tertiary/aromatic N) is 3. The van der Waals surface area contributed by atoms with Crippen LogP contribution in [0.1, 0.15) is 30.2 Å². The molecule has 0 saturated carbocycles. The van der Waals surface area contributed by atoms with Crippen LogP contribution in [0.4, 0.5) is 4.79 Å². The van der Waals surface area contributed by atoms with E-state index in [9.17, 15) is 4.79 Å². The summed E-state index contributed by atoms with van der Waals surface area (Å²) in [7, 11) is 0. The first-order valence-electron chi connectivity index (χ1n) is 9.96. The number of benzene rings is 2. The van der Waals surface area contributed by atoms with Gasteiger partial charge in [0.05, 0.1) is 24.4 Å². The summed E-state index contributed by atoms with van der Waals surface area (Å²) in [4.78, 5) is 19.3. The molecule has 1 aliphatic heterocycles. The first kappa shape index (κ1) is 18.9. The Kier molecular flexibility index (Phi) is 4.84. The molecule has 0 saturated heterocycles. The fraction of sp³-hybridized carbons (Fsp3) is 0.125. The molecule has 1 unspecified atom stereocenters. The molecular weight excluding hydrogens is 392 g/mol. The molecule has 3 heterocycles. The molecule has 1 atom stereocenters. The van der Waals surface area contributed by atoms with Crippen molar-refractivity contribution in [2.45, 2.75) is 19.5 Å². The zero-order valence-corrected chi connectivity index (χ0v) is 16.9. The maximum atomic E-state index is 13.0. The van der Waals surface area contributed by atoms with E-state index in [4.69, 9.17) is 8.94 Å². The highest BCUT2D eigenvalue weighted by Crippen LogP contribution is 2.37. The zero-order valence-electron chi connectivity index (χ0n) is 16.9. The molecule has 2 amide bonds. The highest BCUT2D eigenvalue weighted by Gasteiger charge is 2.36. The predicted molar refractivity (Wildman–Crippen MR) is 114 cm³/mol. The van der Waals surface area contributed by atoms with Crippen molar-refractivity contribution in [1.29, 1.82) is 0 Å². The van der Waals surface area contributed by atoms with Gasteiger partial charge >= 0.3 is 6.03 Å². The lowest BCUT2D eigenvalue weighted by atomic mass is 9.94. The van der Waals surface area contributed by atoms with E-state index in [0.29, 0.717) is 24.0 Å². The predicted octanol–water partition coefficient (Wildman–Crippen LogP) is 5.03. The van der Waals surface area contributed by atoms with Crippen LogP contribution in [0.25, 0.3) is 17.0 Å². The van der Waals surface area contributed by atoms with Crippen molar-refractivity contribution in [1.82, 2.24) is 20.4 Å². The lowest BCUT2D eigenvalue weighted by Crippen LogP contribution is -2.45. The molecule has 2 aromatic heterocycles. The number of carbonyl (C=O) groups excluding carboxylic acids is 1. The topological polar surface area (TPSA) is 84.4 Å². The first-order chi connectivity index (χ1) is 15.2. The number of furan rings is 1. The number of aromatic nitrogens is 2. The Bertz CT molecular complexity index is 1210. The highest BCUT2D eigenvalue weighted by molar-refractivity contribution is 5.86. The number of hydrogen-bond acceptors (Lipinski definition) is 5. The summed E-state index contributed by atoms with van der Waals surface area (Å²) in [6, 6.07) is 22.4. The Labute approximate surface area is 179 Å². The summed E-state index contributed by atoms with van der Waals surface area (Å²) < 4.78 is 11.1. The second kappa shape index (κ2) is 7.95. The van der Waals surface area contributed by atoms with Gasteiger partial charge in [-0.3, -0.25) is 4.90 Å². The second-order valence-corrected chi connectivity index (χ2v) is 7.25. The van der Waals surface area contributed by atoms with Crippen molar-refractivity contribution in [2.24, 2.45) is 0 Å². The number of urea groups is 1. The minimum atomic E-state index is -0.411. The van der Waals surface area contributed by atoms with Gasteiger partial charge in [0, 0.05) is 11.3 Å². The van der Waals surface area contributed by atoms with Gasteiger partial charge in [-0.15, -0.1) is 0 Å². The molecule has 1 N–H and O–H groups in total. The summed E-state index contributed by atoms with van der Waals surface area (Å²) in [6.07, 6.45) is 1.59. The van der Waals surface area contributed by atoms with Gasteiger partial charge in [-0.2, -0.15) is 4.98 Å². The van der Waals surface area contributed by atoms with E-state index >= 15 is 0 Å². The standard InChI is InChI=1S/C24H20N4O3/c1-16-20(23-26-22(27-31-23)18-11-6-3-7-12-18)21(17-9-4-2-5-10-17)25-24(29)28(16)15-19-13-8-14-30-19/h2-14,21H,15H2,1H3,(H,25,29). The summed E-state index contributed by atoms with van der Waals surface area (Å²) in [6.45, 7) is 2.19. The number of nitrogens with one attached hydrogen (secondary N) is 1. The van der Waals surface area contributed by atoms with Crippen LogP contribution in [0.15, 0.2) is 93.7 Å². The van der Waals surface area contributed by atoms with E-state index in [1.54, 1.807) is 17.2 Å². The van der Waals surface area contributed by atoms with Crippen molar-refractivity contribution < 1.29 is 13.7 Å². The summed E-state index contributed by atoms with van der Waals surface area (Å²) in [5.41, 5.74) is 3.28. The number of carbonyl (C=O) groups is 1. The number of hydrogen-bond donors (Lipinski definition) is 1. The molecule has 0 aliphatic carbocycles. The Hall–Kier alpha value is -4.13. The molecule has 0 spiro atoms. The van der Waals surface area contributed by atoms with Crippen molar-refractivity contribution in [3.05, 3.63) is 102 Å². The molecule has 1 aliphatic rings. The Morgan fingerprint density at radius 3 is 2.45 bits per heavy atom. The van der Waals surface area contributed by atoms with Gasteiger partial charge in [-0.25, -0.2) is 4.79 Å². The molecule has 7 heteroatoms. The minimum Gasteiger partial charge on any atom is -0.467 e. The van der Waals surface area contributed by atoms with E-state index in [1.165, 1.54) is 0 Å². The van der Waals surface area contributed by atoms with Gasteiger partial charge in [-0.1, -0.05) is 65.8 Å². The van der Waals surface area contributed by atoms with Gasteiger partial charge in [-0.05, 0) is 24.6 Å². The third-order valence-electron chi connectivity index (χ3n) is 5.31. The summed E-state index contributed by atoms with van der Waals surface area (Å²) in [5.74, 6) is 1.55. The van der Waals surface area contributed by atoms with E-state index in [2.05, 4.69) is 15.5 Å². The maximum Gasteiger partial charge on any atom is 0.322 e. The van der Waals surface area contributed by atoms with Crippen LogP contribution in [-0.2, 0) is 6.54 Å². The SMILES string of the molecule is CC1=C(c2nc(-c3ccccc3)no2)C(c2ccccc2)NC(=O)N1Cc1ccco1. The van der Waals surface area contributed by atoms with Gasteiger partial charge in [0.25, 0.3) is 5.89 Å². The lowest BCUT2D eigenvalue weighted by Gasteiger charge is -2.34. The molecular formula is C24H20N4O3. The molecule has 0 fully saturated rings. The zero-order chi connectivity index (χ0) is 21.2. The molecule has 31 heavy (non-hydrogen) atoms. The summed E-state index contributed by atoms with van der Waals surface area (Å²) in [5, 5.41) is 7.26. The highest BCUT2D eigenvalue weighted by atomic mass is 16.5. The molecule has 154 valence electrons. The minimum absolute atomic E-state index is 0.214. The van der Waals surface area contributed by atoms with E-state index in [-0.39, 0.29) is 6.03 Å². The Balaban J connectivity index is 1.60. The average molecular weight is 412 g/mol. The smallest absolute Gasteiger partial charge is 0.322 e. The Morgan fingerprint density at radius 1 is 1.00 bits per heavy atom. The fourth-order valence-electron chi connectivity index (χ4n) is 3.74. The van der Waals surface area contributed by atoms with Gasteiger partial charge in [0.1, 0.15) is 5.76 Å². The third-order valence-corrected chi connectivity index (χ3v) is 5.31. The second-order valence-electron chi connectivity index (χ2n) is 7.25. The van der Waals surface area contributed by atoms with E-state index in [0.717, 1.165) is 22.4 Å². The van der Waals surface area contributed by atoms with Crippen LogP contribution in [0.3, 0.4) is 0 Å². The number of amides is 2. The van der Waals surface area contributed by atoms with Gasteiger partial charge < -0.3 is 14.3 Å². The fourth-order valence-corrected chi connectivity index (χ4v) is 3.74. The van der Waals surface area contributed by atoms with Crippen LogP contribution in [-0.4, -0.2) is 21.1 Å². The molecule has 2 aromatic carbocycles. The number of rotatable bonds is 5. The normalized spacial score (nSPS) is 16.5. The molecule has 0 radical (unpaired) electrons. The van der Waals surface area contributed by atoms with Crippen LogP contribution >= 0.6 is 0 Å². The largest absolute Gasteiger partial charge is 0.467 e. The van der Waals surface area contributed by atoms with Crippen molar-refractivity contribution in [3.63, 3.8) is 0 Å². The number of allylic oxidation sites excluding steroid dienone is 1. The molecule has 7 nitrogen and oxygen atoms in total. The van der Waals surface area contributed by atoms with Crippen LogP contribution in [0.2, 0.25) is 0 Å². The van der Waals surface area contributed by atoms with E-state index < -0.39 is 6.04 Å².